The lowest BCUT2D eigenvalue weighted by Crippen LogP contribution is -2.65. The number of aryl methyl sites for hydroxylation is 1. The number of hydrogen-bond donors (Lipinski definition) is 4. The molecule has 0 unspecified atom stereocenters. The Bertz CT molecular complexity index is 3180. The number of aliphatic hydroxyl groups is 1. The third kappa shape index (κ3) is 22.7. The molecule has 4 aliphatic rings. The number of nitrogens with one attached hydrogen (secondary N) is 3. The fourth-order valence-electron chi connectivity index (χ4n) is 14.2. The third-order valence-electron chi connectivity index (χ3n) is 21.3. The number of hydrogen-bond acceptors (Lipinski definition) is 14. The van der Waals surface area contributed by atoms with Gasteiger partial charge in [-0.25, -0.2) is 0 Å². The van der Waals surface area contributed by atoms with Gasteiger partial charge in [-0.15, -0.1) is 0 Å². The molecule has 580 valence electrons. The maximum atomic E-state index is 15.5. The largest absolute Gasteiger partial charge is 0.417 e. The van der Waals surface area contributed by atoms with E-state index < -0.39 is 178 Å². The fraction of sp³-hybridized carbons (Fsp3) is 0.753. The summed E-state index contributed by atoms with van der Waals surface area (Å²) in [7, 11) is 11.3. The number of likely N-dealkylation sites (N-methyl/N-ethyl adjacent to an activating group) is 7. The van der Waals surface area contributed by atoms with Crippen LogP contribution in [-0.4, -0.2) is 275 Å². The van der Waals surface area contributed by atoms with Crippen molar-refractivity contribution in [1.29, 1.82) is 0 Å². The van der Waals surface area contributed by atoms with E-state index in [2.05, 4.69) is 16.0 Å². The van der Waals surface area contributed by atoms with Crippen molar-refractivity contribution in [3.63, 3.8) is 0 Å². The zero-order chi connectivity index (χ0) is 77.5. The van der Waals surface area contributed by atoms with E-state index in [1.165, 1.54) is 113 Å². The molecule has 2 saturated carbocycles. The van der Waals surface area contributed by atoms with E-state index in [0.717, 1.165) is 58.9 Å². The van der Waals surface area contributed by atoms with Crippen LogP contribution in [0, 0.1) is 23.7 Å². The van der Waals surface area contributed by atoms with Gasteiger partial charge in [-0.2, -0.15) is 13.2 Å². The first-order valence-corrected chi connectivity index (χ1v) is 36.8. The molecule has 4 N–H and O–H groups in total. The van der Waals surface area contributed by atoms with E-state index in [9.17, 15) is 56.6 Å². The standard InChI is InChI=1S/C73H116ClF3N12O14/c1-18-45(5)60-68(99)83(13)47(7)63(94)89-34-31-53(89)67(98)85(15)55(39-48-25-21-20-22-26-48)66(97)82(12)41-57(90)78-52(30-28-49-27-29-50(51(74)38-49)73(75,76)77)64(95)88(35-36-103-43-71(8,9)102)42-58(91)80-72(32-23-24-33-72)70(101)87(17)61(46(6)19-2)69(100)86(16)56(65(96)81(10)11)40-59(92)84(14)54(37-44(3)4)62(93)79-60/h27,29,38,44-48,52-56,60-61,102H,18-26,28,30-37,39-43H2,1-17H3,(H,78,90)(H,79,93)(H,80,91)/t45-,46-,47-,52-,53-,54-,55-,56-,60-,61-/m0/s1. The second-order valence-corrected chi connectivity index (χ2v) is 30.9. The summed E-state index contributed by atoms with van der Waals surface area (Å²) in [6.07, 6.45) is 0.611. The maximum Gasteiger partial charge on any atom is 0.417 e. The number of carbonyl (C=O) groups is 12. The van der Waals surface area contributed by atoms with Gasteiger partial charge in [0.1, 0.15) is 53.9 Å². The van der Waals surface area contributed by atoms with Crippen molar-refractivity contribution in [3.05, 3.63) is 34.3 Å². The van der Waals surface area contributed by atoms with Crippen molar-refractivity contribution in [2.45, 2.75) is 237 Å². The molecule has 12 amide bonds. The van der Waals surface area contributed by atoms with Crippen LogP contribution >= 0.6 is 11.6 Å². The SMILES string of the molecule is CC[C@H](C)[C@@H]1NC(=O)[C@H](CC(C)C)N(C)C(=O)C[C@@H](C(=O)N(C)C)N(C)C(=O)[C@H]([C@@H](C)CC)N(C)C(=O)C2(CCCC2)NC(=O)CN(CCOCC(C)(C)O)C(=O)[C@H](CCc2ccc(C(F)(F)F)c(Cl)c2)NC(=O)CN(C)C(=O)[C@H](CC2CCCCC2)N(C)C(=O)[C@@H]2CCN2C(=O)[C@H](C)N(C)C1=O. The Hall–Kier alpha value is -7.14. The average Bonchev–Trinajstić information content (AvgIpc) is 1.57. The van der Waals surface area contributed by atoms with E-state index >= 15 is 19.2 Å². The van der Waals surface area contributed by atoms with Crippen LogP contribution < -0.4 is 16.0 Å². The molecule has 1 aromatic carbocycles. The fourth-order valence-corrected chi connectivity index (χ4v) is 14.6. The highest BCUT2D eigenvalue weighted by Gasteiger charge is 2.50. The minimum atomic E-state index is -4.80. The smallest absolute Gasteiger partial charge is 0.388 e. The molecule has 2 aliphatic heterocycles. The summed E-state index contributed by atoms with van der Waals surface area (Å²) in [5.41, 5.74) is -3.89. The molecule has 0 radical (unpaired) electrons. The Morgan fingerprint density at radius 3 is 1.89 bits per heavy atom. The van der Waals surface area contributed by atoms with Crippen LogP contribution in [0.1, 0.15) is 176 Å². The van der Waals surface area contributed by atoms with Crippen LogP contribution in [0.2, 0.25) is 5.02 Å². The first-order chi connectivity index (χ1) is 48.0. The van der Waals surface area contributed by atoms with Crippen molar-refractivity contribution in [1.82, 2.24) is 60.0 Å². The lowest BCUT2D eigenvalue weighted by Gasteiger charge is -2.45. The van der Waals surface area contributed by atoms with Crippen molar-refractivity contribution in [2.24, 2.45) is 23.7 Å². The van der Waals surface area contributed by atoms with Gasteiger partial charge < -0.3 is 69.9 Å². The molecule has 0 aromatic heterocycles. The number of rotatable bonds is 17. The molecule has 0 bridgehead atoms. The molecular weight excluding hydrogens is 1360 g/mol. The second kappa shape index (κ2) is 37.7. The third-order valence-corrected chi connectivity index (χ3v) is 21.6. The van der Waals surface area contributed by atoms with E-state index in [1.54, 1.807) is 20.8 Å². The van der Waals surface area contributed by atoms with Gasteiger partial charge in [0, 0.05) is 69.5 Å². The first-order valence-electron chi connectivity index (χ1n) is 36.5. The van der Waals surface area contributed by atoms with E-state index in [-0.39, 0.29) is 88.6 Å². The van der Waals surface area contributed by atoms with Gasteiger partial charge in [-0.1, -0.05) is 117 Å². The van der Waals surface area contributed by atoms with Crippen LogP contribution in [0.3, 0.4) is 0 Å². The molecule has 26 nitrogen and oxygen atoms in total. The van der Waals surface area contributed by atoms with Crippen molar-refractivity contribution in [3.8, 4) is 0 Å². The Morgan fingerprint density at radius 1 is 0.728 bits per heavy atom. The van der Waals surface area contributed by atoms with Gasteiger partial charge in [-0.3, -0.25) is 57.5 Å². The molecular formula is C73H116ClF3N12O14. The Morgan fingerprint density at radius 2 is 1.35 bits per heavy atom. The normalized spacial score (nSPS) is 25.6. The molecule has 30 heteroatoms. The van der Waals surface area contributed by atoms with Crippen LogP contribution in [0.5, 0.6) is 0 Å². The predicted molar refractivity (Wildman–Crippen MR) is 381 cm³/mol. The molecule has 4 fully saturated rings. The molecule has 10 atom stereocenters. The number of alkyl halides is 3. The molecule has 1 spiro atoms. The van der Waals surface area contributed by atoms with E-state index in [4.69, 9.17) is 16.3 Å². The summed E-state index contributed by atoms with van der Waals surface area (Å²) in [6.45, 7) is 13.1. The number of halogens is 4. The predicted octanol–water partition coefficient (Wildman–Crippen LogP) is 5.12. The van der Waals surface area contributed by atoms with Crippen molar-refractivity contribution >= 4 is 82.5 Å². The summed E-state index contributed by atoms with van der Waals surface area (Å²) in [5.74, 6) is -9.88. The molecule has 5 rings (SSSR count). The van der Waals surface area contributed by atoms with Gasteiger partial charge in [0.05, 0.1) is 48.9 Å². The summed E-state index contributed by atoms with van der Waals surface area (Å²) in [5, 5.41) is 18.5. The Kier molecular flexibility index (Phi) is 31.7. The molecule has 103 heavy (non-hydrogen) atoms. The van der Waals surface area contributed by atoms with E-state index in [1.807, 2.05) is 20.8 Å². The van der Waals surface area contributed by atoms with Crippen molar-refractivity contribution < 1.29 is 80.5 Å². The Labute approximate surface area is 611 Å². The minimum absolute atomic E-state index is 0.0109. The highest BCUT2D eigenvalue weighted by molar-refractivity contribution is 6.31. The van der Waals surface area contributed by atoms with Crippen LogP contribution in [0.15, 0.2) is 18.2 Å². The average molecular weight is 1480 g/mol. The summed E-state index contributed by atoms with van der Waals surface area (Å²) >= 11 is 6.17. The number of amides is 12. The monoisotopic (exact) mass is 1480 g/mol. The highest BCUT2D eigenvalue weighted by Crippen LogP contribution is 2.37. The van der Waals surface area contributed by atoms with Crippen LogP contribution in [-0.2, 0) is 74.9 Å². The number of benzene rings is 1. The summed E-state index contributed by atoms with van der Waals surface area (Å²) in [4.78, 5) is 190. The van der Waals surface area contributed by atoms with Gasteiger partial charge >= 0.3 is 6.18 Å². The first kappa shape index (κ1) is 86.5. The molecule has 2 aliphatic carbocycles. The number of fused-ring (bicyclic) bond motifs is 1. The quantitative estimate of drug-likeness (QED) is 0.147. The molecule has 2 saturated heterocycles. The molecule has 2 heterocycles. The maximum absolute atomic E-state index is 15.5. The second-order valence-electron chi connectivity index (χ2n) is 30.5. The van der Waals surface area contributed by atoms with Crippen LogP contribution in [0.4, 0.5) is 13.2 Å². The van der Waals surface area contributed by atoms with Gasteiger partial charge in [0.2, 0.25) is 70.9 Å². The Balaban J connectivity index is 1.67. The van der Waals surface area contributed by atoms with Crippen LogP contribution in [0.25, 0.3) is 0 Å². The zero-order valence-corrected chi connectivity index (χ0v) is 64.5. The van der Waals surface area contributed by atoms with Gasteiger partial charge in [0.15, 0.2) is 0 Å². The number of ether oxygens (including phenoxy) is 1. The van der Waals surface area contributed by atoms with Gasteiger partial charge in [0.25, 0.3) is 0 Å². The van der Waals surface area contributed by atoms with Gasteiger partial charge in [-0.05, 0) is 107 Å². The van der Waals surface area contributed by atoms with Crippen molar-refractivity contribution in [2.75, 3.05) is 95.8 Å². The summed E-state index contributed by atoms with van der Waals surface area (Å²) < 4.78 is 47.6. The van der Waals surface area contributed by atoms with E-state index in [0.29, 0.717) is 25.7 Å². The minimum Gasteiger partial charge on any atom is -0.388 e. The lowest BCUT2D eigenvalue weighted by atomic mass is 9.84. The topological polar surface area (TPSA) is 300 Å². The lowest BCUT2D eigenvalue weighted by molar-refractivity contribution is -0.160. The number of carbonyl (C=O) groups excluding carboxylic acids is 12. The zero-order valence-electron chi connectivity index (χ0n) is 63.7. The highest BCUT2D eigenvalue weighted by atomic mass is 35.5. The molecule has 1 aromatic rings. The summed E-state index contributed by atoms with van der Waals surface area (Å²) in [6, 6.07) is -7.19. The number of nitrogens with zero attached hydrogens (tertiary/aromatic N) is 9.